The van der Waals surface area contributed by atoms with Crippen molar-refractivity contribution in [1.82, 2.24) is 0 Å². The van der Waals surface area contributed by atoms with Gasteiger partial charge in [0.05, 0.1) is 0 Å². The van der Waals surface area contributed by atoms with E-state index in [9.17, 15) is 4.79 Å². The van der Waals surface area contributed by atoms with Crippen LogP contribution in [-0.4, -0.2) is 5.91 Å². The third-order valence-electron chi connectivity index (χ3n) is 2.81. The number of benzene rings is 2. The van der Waals surface area contributed by atoms with E-state index < -0.39 is 0 Å². The molecule has 2 rings (SSSR count). The van der Waals surface area contributed by atoms with Crippen LogP contribution in [0.1, 0.15) is 21.5 Å². The smallest absolute Gasteiger partial charge is 0.255 e. The van der Waals surface area contributed by atoms with Gasteiger partial charge in [-0.05, 0) is 43.2 Å². The molecule has 0 heterocycles. The molecule has 92 valence electrons. The lowest BCUT2D eigenvalue weighted by molar-refractivity contribution is 0.102. The third kappa shape index (κ3) is 2.79. The Morgan fingerprint density at radius 2 is 1.67 bits per heavy atom. The minimum absolute atomic E-state index is 0.0892. The van der Waals surface area contributed by atoms with Crippen LogP contribution in [0, 0.1) is 13.8 Å². The number of hydrogen-bond acceptors (Lipinski definition) is 1. The molecule has 0 spiro atoms. The van der Waals surface area contributed by atoms with Crippen LogP contribution in [0.4, 0.5) is 5.69 Å². The van der Waals surface area contributed by atoms with Crippen molar-refractivity contribution in [2.75, 3.05) is 5.32 Å². The van der Waals surface area contributed by atoms with E-state index >= 15 is 0 Å². The van der Waals surface area contributed by atoms with Gasteiger partial charge in [-0.15, -0.1) is 0 Å². The van der Waals surface area contributed by atoms with Crippen molar-refractivity contribution in [1.29, 1.82) is 0 Å². The maximum atomic E-state index is 12.1. The molecule has 2 nitrogen and oxygen atoms in total. The summed E-state index contributed by atoms with van der Waals surface area (Å²) in [5.74, 6) is -0.0892. The van der Waals surface area contributed by atoms with E-state index in [1.807, 2.05) is 50.2 Å². The zero-order valence-corrected chi connectivity index (χ0v) is 11.9. The zero-order valence-electron chi connectivity index (χ0n) is 10.3. The molecule has 2 aromatic rings. The van der Waals surface area contributed by atoms with Gasteiger partial charge in [-0.25, -0.2) is 0 Å². The molecule has 0 radical (unpaired) electrons. The first-order valence-corrected chi connectivity index (χ1v) is 6.50. The van der Waals surface area contributed by atoms with Crippen LogP contribution in [0.25, 0.3) is 0 Å². The second-order valence-corrected chi connectivity index (χ2v) is 5.15. The van der Waals surface area contributed by atoms with Crippen LogP contribution in [0.15, 0.2) is 46.9 Å². The average molecular weight is 304 g/mol. The maximum Gasteiger partial charge on any atom is 0.255 e. The lowest BCUT2D eigenvalue weighted by Crippen LogP contribution is -2.13. The third-order valence-corrected chi connectivity index (χ3v) is 3.30. The Morgan fingerprint density at radius 3 is 2.28 bits per heavy atom. The number of amides is 1. The van der Waals surface area contributed by atoms with Crippen molar-refractivity contribution in [3.8, 4) is 0 Å². The fraction of sp³-hybridized carbons (Fsp3) is 0.133. The van der Waals surface area contributed by atoms with Crippen LogP contribution in [-0.2, 0) is 0 Å². The van der Waals surface area contributed by atoms with Gasteiger partial charge in [0.25, 0.3) is 5.91 Å². The van der Waals surface area contributed by atoms with Crippen molar-refractivity contribution in [3.63, 3.8) is 0 Å². The summed E-state index contributed by atoms with van der Waals surface area (Å²) in [7, 11) is 0. The predicted octanol–water partition coefficient (Wildman–Crippen LogP) is 4.32. The highest BCUT2D eigenvalue weighted by Gasteiger charge is 2.09. The van der Waals surface area contributed by atoms with E-state index in [1.165, 1.54) is 0 Å². The van der Waals surface area contributed by atoms with Crippen LogP contribution >= 0.6 is 15.9 Å². The summed E-state index contributed by atoms with van der Waals surface area (Å²) < 4.78 is 0.900. The number of carbonyl (C=O) groups excluding carboxylic acids is 1. The molecule has 0 aromatic heterocycles. The molecule has 0 aliphatic carbocycles. The van der Waals surface area contributed by atoms with Crippen molar-refractivity contribution >= 4 is 27.5 Å². The molecular weight excluding hydrogens is 290 g/mol. The van der Waals surface area contributed by atoms with Gasteiger partial charge in [-0.3, -0.25) is 4.79 Å². The summed E-state index contributed by atoms with van der Waals surface area (Å²) in [6.07, 6.45) is 0. The molecule has 18 heavy (non-hydrogen) atoms. The van der Waals surface area contributed by atoms with Crippen LogP contribution in [0.5, 0.6) is 0 Å². The Bertz CT molecular complexity index is 573. The fourth-order valence-electron chi connectivity index (χ4n) is 1.83. The molecule has 0 aliphatic rings. The summed E-state index contributed by atoms with van der Waals surface area (Å²) in [4.78, 5) is 12.1. The van der Waals surface area contributed by atoms with E-state index in [1.54, 1.807) is 6.07 Å². The monoisotopic (exact) mass is 303 g/mol. The van der Waals surface area contributed by atoms with Crippen LogP contribution in [0.2, 0.25) is 0 Å². The van der Waals surface area contributed by atoms with E-state index in [-0.39, 0.29) is 5.91 Å². The SMILES string of the molecule is Cc1cccc(C)c1NC(=O)c1cccc(Br)c1. The number of anilines is 1. The predicted molar refractivity (Wildman–Crippen MR) is 78.0 cm³/mol. The van der Waals surface area contributed by atoms with Gasteiger partial charge in [-0.2, -0.15) is 0 Å². The Balaban J connectivity index is 2.27. The Labute approximate surface area is 115 Å². The van der Waals surface area contributed by atoms with Crippen molar-refractivity contribution in [2.45, 2.75) is 13.8 Å². The van der Waals surface area contributed by atoms with Crippen LogP contribution in [0.3, 0.4) is 0 Å². The largest absolute Gasteiger partial charge is 0.322 e. The maximum absolute atomic E-state index is 12.1. The summed E-state index contributed by atoms with van der Waals surface area (Å²) in [6, 6.07) is 13.3. The van der Waals surface area contributed by atoms with E-state index in [0.717, 1.165) is 21.3 Å². The molecule has 0 atom stereocenters. The quantitative estimate of drug-likeness (QED) is 0.879. The molecule has 1 amide bonds. The summed E-state index contributed by atoms with van der Waals surface area (Å²) in [5.41, 5.74) is 3.67. The highest BCUT2D eigenvalue weighted by molar-refractivity contribution is 9.10. The minimum Gasteiger partial charge on any atom is -0.322 e. The standard InChI is InChI=1S/C15H14BrNO/c1-10-5-3-6-11(2)14(10)17-15(18)12-7-4-8-13(16)9-12/h3-9H,1-2H3,(H,17,18). The lowest BCUT2D eigenvalue weighted by atomic mass is 10.1. The Kier molecular flexibility index (Phi) is 3.82. The average Bonchev–Trinajstić information content (AvgIpc) is 2.34. The lowest BCUT2D eigenvalue weighted by Gasteiger charge is -2.11. The molecule has 3 heteroatoms. The summed E-state index contributed by atoms with van der Waals surface area (Å²) in [5, 5.41) is 2.96. The number of nitrogens with one attached hydrogen (secondary N) is 1. The summed E-state index contributed by atoms with van der Waals surface area (Å²) >= 11 is 3.36. The normalized spacial score (nSPS) is 10.2. The molecule has 0 saturated carbocycles. The number of para-hydroxylation sites is 1. The van der Waals surface area contributed by atoms with E-state index in [2.05, 4.69) is 21.2 Å². The Hall–Kier alpha value is -1.61. The van der Waals surface area contributed by atoms with Crippen LogP contribution < -0.4 is 5.32 Å². The van der Waals surface area contributed by atoms with Gasteiger partial charge in [0, 0.05) is 15.7 Å². The topological polar surface area (TPSA) is 29.1 Å². The number of hydrogen-bond donors (Lipinski definition) is 1. The second kappa shape index (κ2) is 5.36. The molecule has 2 aromatic carbocycles. The second-order valence-electron chi connectivity index (χ2n) is 4.23. The molecule has 0 bridgehead atoms. The van der Waals surface area contributed by atoms with Gasteiger partial charge >= 0.3 is 0 Å². The van der Waals surface area contributed by atoms with Gasteiger partial charge in [0.1, 0.15) is 0 Å². The fourth-order valence-corrected chi connectivity index (χ4v) is 2.23. The van der Waals surface area contributed by atoms with Crippen molar-refractivity contribution in [2.24, 2.45) is 0 Å². The highest BCUT2D eigenvalue weighted by Crippen LogP contribution is 2.21. The Morgan fingerprint density at radius 1 is 1.06 bits per heavy atom. The summed E-state index contributed by atoms with van der Waals surface area (Å²) in [6.45, 7) is 3.98. The number of carbonyl (C=O) groups is 1. The van der Waals surface area contributed by atoms with Gasteiger partial charge in [-0.1, -0.05) is 40.2 Å². The molecule has 1 N–H and O–H groups in total. The first-order chi connectivity index (χ1) is 8.58. The first kappa shape index (κ1) is 12.8. The van der Waals surface area contributed by atoms with Gasteiger partial charge in [0.2, 0.25) is 0 Å². The zero-order chi connectivity index (χ0) is 13.1. The molecule has 0 aliphatic heterocycles. The number of rotatable bonds is 2. The van der Waals surface area contributed by atoms with E-state index in [4.69, 9.17) is 0 Å². The van der Waals surface area contributed by atoms with Crippen molar-refractivity contribution in [3.05, 3.63) is 63.6 Å². The highest BCUT2D eigenvalue weighted by atomic mass is 79.9. The molecular formula is C15H14BrNO. The minimum atomic E-state index is -0.0892. The van der Waals surface area contributed by atoms with Gasteiger partial charge < -0.3 is 5.32 Å². The number of halogens is 1. The molecule has 0 fully saturated rings. The van der Waals surface area contributed by atoms with Gasteiger partial charge in [0.15, 0.2) is 0 Å². The first-order valence-electron chi connectivity index (χ1n) is 5.71. The van der Waals surface area contributed by atoms with Crippen molar-refractivity contribution < 1.29 is 4.79 Å². The molecule has 0 unspecified atom stereocenters. The number of aryl methyl sites for hydroxylation is 2. The van der Waals surface area contributed by atoms with E-state index in [0.29, 0.717) is 5.56 Å². The molecule has 0 saturated heterocycles.